The summed E-state index contributed by atoms with van der Waals surface area (Å²) in [6, 6.07) is 0. The van der Waals surface area contributed by atoms with Crippen molar-refractivity contribution in [1.82, 2.24) is 4.90 Å². The number of carbonyl (C=O) groups excluding carboxylic acids is 1. The predicted octanol–water partition coefficient (Wildman–Crippen LogP) is 2.80. The first kappa shape index (κ1) is 13.9. The molecule has 0 N–H and O–H groups in total. The third-order valence-corrected chi connectivity index (χ3v) is 2.16. The number of hydrogen-bond acceptors (Lipinski definition) is 2. The summed E-state index contributed by atoms with van der Waals surface area (Å²) in [5, 5.41) is 0. The predicted molar refractivity (Wildman–Crippen MR) is 59.5 cm³/mol. The molecule has 1 fully saturated rings. The van der Waals surface area contributed by atoms with Crippen molar-refractivity contribution >= 4 is 13.1 Å². The number of amides is 1. The van der Waals surface area contributed by atoms with E-state index in [9.17, 15) is 17.7 Å². The third-order valence-electron chi connectivity index (χ3n) is 2.16. The van der Waals surface area contributed by atoms with Crippen LogP contribution in [-0.4, -0.2) is 36.7 Å². The minimum Gasteiger partial charge on any atom is -0.445 e. The van der Waals surface area contributed by atoms with E-state index in [1.54, 1.807) is 20.8 Å². The lowest BCUT2D eigenvalue weighted by molar-refractivity contribution is 0.00494. The van der Waals surface area contributed by atoms with E-state index >= 15 is 0 Å². The molecule has 1 aliphatic rings. The van der Waals surface area contributed by atoms with Crippen molar-refractivity contribution in [2.45, 2.75) is 26.4 Å². The lowest BCUT2D eigenvalue weighted by atomic mass is 9.87. The summed E-state index contributed by atoms with van der Waals surface area (Å²) >= 11 is 0. The SMILES string of the molecule is CC(C)(C)OC(=O)N1CC(/C=C/[B-](F)(F)F)C1. The Hall–Kier alpha value is -1.14. The molecule has 0 saturated carbocycles. The number of halogens is 3. The molecule has 1 amide bonds. The van der Waals surface area contributed by atoms with Crippen LogP contribution in [0.1, 0.15) is 20.8 Å². The minimum absolute atomic E-state index is 0.217. The van der Waals surface area contributed by atoms with Gasteiger partial charge in [0.05, 0.1) is 0 Å². The van der Waals surface area contributed by atoms with E-state index in [2.05, 4.69) is 0 Å². The zero-order valence-corrected chi connectivity index (χ0v) is 10.1. The van der Waals surface area contributed by atoms with E-state index in [0.29, 0.717) is 0 Å². The summed E-state index contributed by atoms with van der Waals surface area (Å²) in [5.74, 6) is 0.0582. The summed E-state index contributed by atoms with van der Waals surface area (Å²) in [7, 11) is 0. The monoisotopic (exact) mass is 250 g/mol. The Morgan fingerprint density at radius 3 is 2.29 bits per heavy atom. The second-order valence-corrected chi connectivity index (χ2v) is 5.16. The van der Waals surface area contributed by atoms with E-state index in [1.807, 2.05) is 0 Å². The van der Waals surface area contributed by atoms with Crippen molar-refractivity contribution in [3.05, 3.63) is 12.1 Å². The summed E-state index contributed by atoms with van der Waals surface area (Å²) < 4.78 is 40.9. The highest BCUT2D eigenvalue weighted by atomic mass is 19.4. The first-order valence-corrected chi connectivity index (χ1v) is 5.44. The van der Waals surface area contributed by atoms with E-state index in [0.717, 1.165) is 6.08 Å². The molecule has 17 heavy (non-hydrogen) atoms. The van der Waals surface area contributed by atoms with Gasteiger partial charge in [0.2, 0.25) is 0 Å². The molecular weight excluding hydrogens is 234 g/mol. The van der Waals surface area contributed by atoms with Gasteiger partial charge in [0.15, 0.2) is 0 Å². The molecule has 0 unspecified atom stereocenters. The van der Waals surface area contributed by atoms with Crippen LogP contribution in [-0.2, 0) is 4.74 Å². The van der Waals surface area contributed by atoms with Crippen LogP contribution in [0.4, 0.5) is 17.7 Å². The highest BCUT2D eigenvalue weighted by Crippen LogP contribution is 2.22. The van der Waals surface area contributed by atoms with Crippen molar-refractivity contribution in [2.75, 3.05) is 13.1 Å². The van der Waals surface area contributed by atoms with E-state index in [1.165, 1.54) is 4.90 Å². The fourth-order valence-electron chi connectivity index (χ4n) is 1.39. The second kappa shape index (κ2) is 4.62. The molecule has 0 aliphatic carbocycles. The minimum atomic E-state index is -4.88. The average molecular weight is 250 g/mol. The Morgan fingerprint density at radius 2 is 1.88 bits per heavy atom. The van der Waals surface area contributed by atoms with Gasteiger partial charge in [-0.05, 0) is 20.8 Å². The Balaban J connectivity index is 2.33. The van der Waals surface area contributed by atoms with Gasteiger partial charge in [0.25, 0.3) is 0 Å². The first-order valence-electron chi connectivity index (χ1n) is 5.44. The highest BCUT2D eigenvalue weighted by Gasteiger charge is 2.32. The van der Waals surface area contributed by atoms with Crippen LogP contribution in [0.25, 0.3) is 0 Å². The second-order valence-electron chi connectivity index (χ2n) is 5.16. The Labute approximate surface area is 98.7 Å². The zero-order chi connectivity index (χ0) is 13.3. The van der Waals surface area contributed by atoms with Crippen LogP contribution in [0, 0.1) is 5.92 Å². The Morgan fingerprint density at radius 1 is 1.35 bits per heavy atom. The molecule has 0 atom stereocenters. The van der Waals surface area contributed by atoms with Gasteiger partial charge in [-0.1, -0.05) is 0 Å². The van der Waals surface area contributed by atoms with Gasteiger partial charge in [-0.2, -0.15) is 0 Å². The maximum atomic E-state index is 11.9. The van der Waals surface area contributed by atoms with Crippen molar-refractivity contribution in [3.63, 3.8) is 0 Å². The van der Waals surface area contributed by atoms with E-state index in [-0.39, 0.29) is 25.0 Å². The fraction of sp³-hybridized carbons (Fsp3) is 0.700. The largest absolute Gasteiger partial charge is 0.502 e. The lowest BCUT2D eigenvalue weighted by Gasteiger charge is -2.38. The molecule has 0 aromatic rings. The quantitative estimate of drug-likeness (QED) is 0.705. The molecular formula is C10H16BF3NO2-. The summed E-state index contributed by atoms with van der Waals surface area (Å²) in [5.41, 5.74) is -0.576. The van der Waals surface area contributed by atoms with Gasteiger partial charge < -0.3 is 22.6 Å². The number of nitrogens with zero attached hydrogens (tertiary/aromatic N) is 1. The van der Waals surface area contributed by atoms with Gasteiger partial charge in [-0.3, -0.25) is 0 Å². The molecule has 1 rings (SSSR count). The van der Waals surface area contributed by atoms with Crippen LogP contribution in [0.2, 0.25) is 0 Å². The van der Waals surface area contributed by atoms with Crippen LogP contribution < -0.4 is 0 Å². The van der Waals surface area contributed by atoms with Crippen molar-refractivity contribution < 1.29 is 22.5 Å². The average Bonchev–Trinajstić information content (AvgIpc) is 1.94. The number of hydrogen-bond donors (Lipinski definition) is 0. The van der Waals surface area contributed by atoms with Crippen molar-refractivity contribution in [1.29, 1.82) is 0 Å². The Bertz CT molecular complexity index is 316. The third kappa shape index (κ3) is 5.15. The summed E-state index contributed by atoms with van der Waals surface area (Å²) in [6.45, 7) is 0.932. The standard InChI is InChI=1S/C10H16BF3NO2/c1-10(2,3)17-9(16)15-6-8(7-15)4-5-11(12,13)14/h4-5,8H,6-7H2,1-3H3/q-1/b5-4+. The topological polar surface area (TPSA) is 29.5 Å². The highest BCUT2D eigenvalue weighted by molar-refractivity contribution is 6.64. The van der Waals surface area contributed by atoms with Crippen molar-refractivity contribution in [3.8, 4) is 0 Å². The molecule has 3 nitrogen and oxygen atoms in total. The molecule has 1 aliphatic heterocycles. The molecule has 1 heterocycles. The van der Waals surface area contributed by atoms with Gasteiger partial charge >= 0.3 is 13.1 Å². The van der Waals surface area contributed by atoms with Crippen molar-refractivity contribution in [2.24, 2.45) is 5.92 Å². The molecule has 0 aromatic heterocycles. The molecule has 98 valence electrons. The molecule has 0 bridgehead atoms. The molecule has 0 radical (unpaired) electrons. The Kier molecular flexibility index (Phi) is 3.79. The molecule has 0 aromatic carbocycles. The number of rotatable bonds is 2. The summed E-state index contributed by atoms with van der Waals surface area (Å²) in [4.78, 5) is 12.8. The van der Waals surface area contributed by atoms with Crippen LogP contribution in [0.15, 0.2) is 12.1 Å². The lowest BCUT2D eigenvalue weighted by Crippen LogP contribution is -2.51. The van der Waals surface area contributed by atoms with Crippen LogP contribution in [0.5, 0.6) is 0 Å². The van der Waals surface area contributed by atoms with Gasteiger partial charge in [-0.15, -0.1) is 12.1 Å². The molecule has 0 spiro atoms. The maximum Gasteiger partial charge on any atom is 0.502 e. The smallest absolute Gasteiger partial charge is 0.445 e. The molecule has 1 saturated heterocycles. The van der Waals surface area contributed by atoms with Gasteiger partial charge in [0, 0.05) is 19.0 Å². The maximum absolute atomic E-state index is 11.9. The zero-order valence-electron chi connectivity index (χ0n) is 10.1. The number of likely N-dealkylation sites (tertiary alicyclic amines) is 1. The first-order chi connectivity index (χ1) is 7.57. The van der Waals surface area contributed by atoms with Crippen LogP contribution in [0.3, 0.4) is 0 Å². The summed E-state index contributed by atoms with van der Waals surface area (Å²) in [6.07, 6.45) is 0.639. The molecule has 7 heteroatoms. The fourth-order valence-corrected chi connectivity index (χ4v) is 1.39. The number of ether oxygens (including phenoxy) is 1. The van der Waals surface area contributed by atoms with Gasteiger partial charge in [-0.25, -0.2) is 4.79 Å². The number of carbonyl (C=O) groups is 1. The van der Waals surface area contributed by atoms with E-state index < -0.39 is 18.7 Å². The normalized spacial score (nSPS) is 18.4. The van der Waals surface area contributed by atoms with Crippen LogP contribution >= 0.6 is 0 Å². The van der Waals surface area contributed by atoms with Gasteiger partial charge in [0.1, 0.15) is 5.60 Å². The van der Waals surface area contributed by atoms with E-state index in [4.69, 9.17) is 4.74 Å².